The van der Waals surface area contributed by atoms with Crippen LogP contribution in [0.5, 0.6) is 0 Å². The maximum atomic E-state index is 11.0. The van der Waals surface area contributed by atoms with Crippen molar-refractivity contribution in [3.05, 3.63) is 55.8 Å². The quantitative estimate of drug-likeness (QED) is 0.675. The minimum absolute atomic E-state index is 0.0874. The average Bonchev–Trinajstić information content (AvgIpc) is 2.56. The van der Waals surface area contributed by atoms with E-state index in [1.165, 1.54) is 0 Å². The predicted octanol–water partition coefficient (Wildman–Crippen LogP) is 2.73. The summed E-state index contributed by atoms with van der Waals surface area (Å²) in [6, 6.07) is 6.68. The number of H-pyrrole nitrogens is 1. The van der Waals surface area contributed by atoms with Crippen molar-refractivity contribution >= 4 is 40.1 Å². The Morgan fingerprint density at radius 3 is 2.21 bits per heavy atom. The van der Waals surface area contributed by atoms with E-state index in [4.69, 9.17) is 23.2 Å². The highest BCUT2D eigenvalue weighted by atomic mass is 35.5. The highest BCUT2D eigenvalue weighted by Gasteiger charge is 1.99. The first-order valence-electron chi connectivity index (χ1n) is 6.86. The molecule has 2 heterocycles. The van der Waals surface area contributed by atoms with Gasteiger partial charge in [-0.2, -0.15) is 15.0 Å². The van der Waals surface area contributed by atoms with E-state index < -0.39 is 11.4 Å². The number of nitrogens with zero attached hydrogens (tertiary/aromatic N) is 3. The average molecular weight is 372 g/mol. The van der Waals surface area contributed by atoms with Gasteiger partial charge in [-0.25, -0.2) is 9.59 Å². The van der Waals surface area contributed by atoms with Gasteiger partial charge in [0.05, 0.1) is 10.9 Å². The minimum atomic E-state index is -0.723. The van der Waals surface area contributed by atoms with Crippen molar-refractivity contribution in [2.24, 2.45) is 0 Å². The highest BCUT2D eigenvalue weighted by Crippen LogP contribution is 2.08. The molecular weight excluding hydrogens is 357 g/mol. The van der Waals surface area contributed by atoms with Crippen LogP contribution < -0.4 is 16.7 Å². The molecule has 2 aromatic heterocycles. The summed E-state index contributed by atoms with van der Waals surface area (Å²) < 4.78 is 4.32. The van der Waals surface area contributed by atoms with Crippen molar-refractivity contribution in [3.63, 3.8) is 0 Å². The molecule has 0 aliphatic rings. The maximum Gasteiger partial charge on any atom is 0.419 e. The van der Waals surface area contributed by atoms with Crippen molar-refractivity contribution in [1.82, 2.24) is 19.9 Å². The molecule has 0 bridgehead atoms. The summed E-state index contributed by atoms with van der Waals surface area (Å²) in [4.78, 5) is 35.1. The second-order valence-corrected chi connectivity index (χ2v) is 4.47. The Kier molecular flexibility index (Phi) is 7.87. The number of fused-ring (bicyclic) bond motifs is 1. The molecule has 1 aromatic carbocycles. The Morgan fingerprint density at radius 1 is 1.04 bits per heavy atom. The molecule has 2 N–H and O–H groups in total. The fourth-order valence-electron chi connectivity index (χ4n) is 1.48. The van der Waals surface area contributed by atoms with E-state index in [0.717, 1.165) is 0 Å². The second-order valence-electron chi connectivity index (χ2n) is 3.79. The number of aromatic amines is 1. The first-order chi connectivity index (χ1) is 11.5. The number of anilines is 1. The zero-order valence-corrected chi connectivity index (χ0v) is 14.6. The summed E-state index contributed by atoms with van der Waals surface area (Å²) in [5, 5.41) is 3.24. The van der Waals surface area contributed by atoms with Crippen molar-refractivity contribution in [2.45, 2.75) is 13.8 Å². The van der Waals surface area contributed by atoms with Gasteiger partial charge in [0, 0.05) is 7.05 Å². The number of halogens is 2. The number of aromatic nitrogens is 4. The predicted molar refractivity (Wildman–Crippen MR) is 93.8 cm³/mol. The number of nitrogens with one attached hydrogen (secondary N) is 2. The van der Waals surface area contributed by atoms with Crippen LogP contribution >= 0.6 is 23.2 Å². The Labute approximate surface area is 146 Å². The Bertz CT molecular complexity index is 890. The van der Waals surface area contributed by atoms with E-state index >= 15 is 0 Å². The standard InChI is InChI=1S/C8H5NO3.C4H4Cl2N4.C2H6/c10-7-5-3-1-2-4-6(5)9-8(11)12-7;1-7-4-9-2(5)8-3(6)10-4;1-2/h1-4H,(H,9,11);1H3,(H,7,8,9,10);1-2H3. The zero-order chi connectivity index (χ0) is 18.1. The van der Waals surface area contributed by atoms with E-state index in [2.05, 4.69) is 29.7 Å². The number of para-hydroxylation sites is 1. The van der Waals surface area contributed by atoms with E-state index in [1.54, 1.807) is 31.3 Å². The van der Waals surface area contributed by atoms with Gasteiger partial charge < -0.3 is 9.73 Å². The molecule has 0 amide bonds. The first-order valence-corrected chi connectivity index (χ1v) is 7.62. The van der Waals surface area contributed by atoms with Gasteiger partial charge in [-0.1, -0.05) is 26.0 Å². The minimum Gasteiger partial charge on any atom is -0.372 e. The largest absolute Gasteiger partial charge is 0.419 e. The van der Waals surface area contributed by atoms with Gasteiger partial charge in [-0.05, 0) is 35.3 Å². The molecule has 0 atom stereocenters. The lowest BCUT2D eigenvalue weighted by atomic mass is 10.2. The molecule has 10 heteroatoms. The van der Waals surface area contributed by atoms with Crippen LogP contribution in [0.15, 0.2) is 38.3 Å². The van der Waals surface area contributed by atoms with Crippen LogP contribution in [0.3, 0.4) is 0 Å². The Hall–Kier alpha value is -2.45. The van der Waals surface area contributed by atoms with Crippen LogP contribution in [0.1, 0.15) is 13.8 Å². The van der Waals surface area contributed by atoms with Crippen molar-refractivity contribution in [3.8, 4) is 0 Å². The number of rotatable bonds is 1. The van der Waals surface area contributed by atoms with Gasteiger partial charge in [0.1, 0.15) is 0 Å². The maximum absolute atomic E-state index is 11.0. The number of hydrogen-bond acceptors (Lipinski definition) is 7. The molecule has 0 saturated heterocycles. The molecule has 0 aliphatic carbocycles. The highest BCUT2D eigenvalue weighted by molar-refractivity contribution is 6.31. The van der Waals surface area contributed by atoms with Gasteiger partial charge in [-0.15, -0.1) is 0 Å². The van der Waals surface area contributed by atoms with Gasteiger partial charge in [0.25, 0.3) is 0 Å². The van der Waals surface area contributed by atoms with E-state index in [9.17, 15) is 9.59 Å². The number of hydrogen-bond donors (Lipinski definition) is 2. The molecule has 0 saturated carbocycles. The summed E-state index contributed by atoms with van der Waals surface area (Å²) in [7, 11) is 1.67. The van der Waals surface area contributed by atoms with Crippen LogP contribution in [0.4, 0.5) is 5.95 Å². The zero-order valence-electron chi connectivity index (χ0n) is 13.1. The third kappa shape index (κ3) is 5.64. The molecule has 24 heavy (non-hydrogen) atoms. The summed E-state index contributed by atoms with van der Waals surface area (Å²) in [6.07, 6.45) is 0. The van der Waals surface area contributed by atoms with Gasteiger partial charge in [0.15, 0.2) is 0 Å². The topological polar surface area (TPSA) is 114 Å². The van der Waals surface area contributed by atoms with Gasteiger partial charge >= 0.3 is 11.4 Å². The first kappa shape index (κ1) is 19.6. The fraction of sp³-hybridized carbons (Fsp3) is 0.214. The second kappa shape index (κ2) is 9.64. The molecule has 0 radical (unpaired) electrons. The van der Waals surface area contributed by atoms with Crippen molar-refractivity contribution < 1.29 is 4.42 Å². The third-order valence-electron chi connectivity index (χ3n) is 2.37. The summed E-state index contributed by atoms with van der Waals surface area (Å²) >= 11 is 10.9. The van der Waals surface area contributed by atoms with Gasteiger partial charge in [0.2, 0.25) is 16.5 Å². The molecule has 3 rings (SSSR count). The van der Waals surface area contributed by atoms with Crippen molar-refractivity contribution in [2.75, 3.05) is 12.4 Å². The normalized spacial score (nSPS) is 9.38. The molecule has 128 valence electrons. The van der Waals surface area contributed by atoms with Crippen LogP contribution in [-0.2, 0) is 0 Å². The van der Waals surface area contributed by atoms with E-state index in [1.807, 2.05) is 13.8 Å². The smallest absolute Gasteiger partial charge is 0.372 e. The fourth-order valence-corrected chi connectivity index (χ4v) is 1.85. The lowest BCUT2D eigenvalue weighted by Gasteiger charge is -1.96. The third-order valence-corrected chi connectivity index (χ3v) is 2.71. The number of benzene rings is 1. The van der Waals surface area contributed by atoms with Crippen LogP contribution in [0.2, 0.25) is 10.6 Å². The molecule has 0 fully saturated rings. The summed E-state index contributed by atoms with van der Waals surface area (Å²) in [5.74, 6) is -0.358. The van der Waals surface area contributed by atoms with E-state index in [-0.39, 0.29) is 10.6 Å². The molecule has 3 aromatic rings. The Morgan fingerprint density at radius 2 is 1.62 bits per heavy atom. The molecule has 0 unspecified atom stereocenters. The summed E-state index contributed by atoms with van der Waals surface area (Å²) in [6.45, 7) is 4.00. The van der Waals surface area contributed by atoms with Crippen molar-refractivity contribution in [1.29, 1.82) is 0 Å². The van der Waals surface area contributed by atoms with Gasteiger partial charge in [-0.3, -0.25) is 4.98 Å². The molecule has 8 nitrogen and oxygen atoms in total. The van der Waals surface area contributed by atoms with Crippen LogP contribution in [0.25, 0.3) is 10.9 Å². The summed E-state index contributed by atoms with van der Waals surface area (Å²) in [5.41, 5.74) is -0.104. The van der Waals surface area contributed by atoms with Crippen LogP contribution in [0, 0.1) is 0 Å². The molecule has 0 spiro atoms. The molecular formula is C14H15Cl2N5O3. The SMILES string of the molecule is CC.CNc1nc(Cl)nc(Cl)n1.O=c1[nH]c2ccccc2c(=O)o1. The van der Waals surface area contributed by atoms with Crippen LogP contribution in [-0.4, -0.2) is 27.0 Å². The Balaban J connectivity index is 0.000000221. The lowest BCUT2D eigenvalue weighted by molar-refractivity contribution is 0.460. The molecule has 0 aliphatic heterocycles. The monoisotopic (exact) mass is 371 g/mol. The van der Waals surface area contributed by atoms with E-state index in [0.29, 0.717) is 16.9 Å². The lowest BCUT2D eigenvalue weighted by Crippen LogP contribution is -2.13.